The monoisotopic (exact) mass is 370 g/mol. The first-order chi connectivity index (χ1) is 11.5. The fourth-order valence-electron chi connectivity index (χ4n) is 3.80. The lowest BCUT2D eigenvalue weighted by molar-refractivity contribution is 0.199. The van der Waals surface area contributed by atoms with Crippen molar-refractivity contribution in [3.8, 4) is 0 Å². The van der Waals surface area contributed by atoms with E-state index in [1.54, 1.807) is 20.8 Å². The van der Waals surface area contributed by atoms with Crippen molar-refractivity contribution in [3.63, 3.8) is 0 Å². The lowest BCUT2D eigenvalue weighted by Gasteiger charge is -2.56. The van der Waals surface area contributed by atoms with Gasteiger partial charge in [0.05, 0.1) is 10.00 Å². The second-order valence-corrected chi connectivity index (χ2v) is 10.2. The van der Waals surface area contributed by atoms with Gasteiger partial charge in [-0.3, -0.25) is 15.0 Å². The number of amidine groups is 1. The van der Waals surface area contributed by atoms with Gasteiger partial charge in [0.25, 0.3) is 0 Å². The molecule has 3 atom stereocenters. The second kappa shape index (κ2) is 5.58. The zero-order chi connectivity index (χ0) is 18.6. The Hall–Kier alpha value is -1.84. The summed E-state index contributed by atoms with van der Waals surface area (Å²) in [5.41, 5.74) is 5.34. The number of fused-ring (bicyclic) bond motifs is 1. The zero-order valence-corrected chi connectivity index (χ0v) is 15.2. The molecule has 1 aromatic rings. The number of nitrogens with zero attached hydrogens (tertiary/aromatic N) is 1. The Morgan fingerprint density at radius 1 is 1.48 bits per heavy atom. The maximum absolute atomic E-state index is 14.6. The number of aliphatic imine (C=N–C) groups is 1. The van der Waals surface area contributed by atoms with Gasteiger partial charge in [-0.2, -0.15) is 0 Å². The zero-order valence-electron chi connectivity index (χ0n) is 14.3. The molecule has 1 amide bonds. The first-order valence-corrected chi connectivity index (χ1v) is 9.62. The number of halogens is 1. The number of nitrogens with two attached hydrogens (primary N) is 1. The summed E-state index contributed by atoms with van der Waals surface area (Å²) >= 11 is 0. The van der Waals surface area contributed by atoms with Gasteiger partial charge in [0.2, 0.25) is 0 Å². The van der Waals surface area contributed by atoms with E-state index in [0.717, 1.165) is 0 Å². The van der Waals surface area contributed by atoms with Gasteiger partial charge >= 0.3 is 6.09 Å². The highest BCUT2D eigenvalue weighted by molar-refractivity contribution is 8.29. The molecule has 0 saturated carbocycles. The molecule has 0 aliphatic carbocycles. The summed E-state index contributed by atoms with van der Waals surface area (Å²) < 4.78 is 28.3. The summed E-state index contributed by atoms with van der Waals surface area (Å²) in [5.74, 6) is -0.365. The van der Waals surface area contributed by atoms with Crippen LogP contribution >= 0.6 is 10.5 Å². The summed E-state index contributed by atoms with van der Waals surface area (Å²) in [4.78, 5) is 15.9. The van der Waals surface area contributed by atoms with Gasteiger partial charge in [0, 0.05) is 17.8 Å². The third kappa shape index (κ3) is 2.49. The van der Waals surface area contributed by atoms with Crippen LogP contribution in [0.1, 0.15) is 32.8 Å². The van der Waals surface area contributed by atoms with Crippen molar-refractivity contribution in [2.24, 2.45) is 4.99 Å². The van der Waals surface area contributed by atoms with Crippen molar-refractivity contribution in [2.75, 3.05) is 12.3 Å². The van der Waals surface area contributed by atoms with Crippen molar-refractivity contribution in [2.45, 2.75) is 42.7 Å². The highest BCUT2D eigenvalue weighted by Crippen LogP contribution is 2.67. The summed E-state index contributed by atoms with van der Waals surface area (Å²) in [7, 11) is -2.52. The summed E-state index contributed by atoms with van der Waals surface area (Å²) in [6.45, 7) is 5.77. The van der Waals surface area contributed by atoms with Crippen LogP contribution in [0, 0.1) is 5.82 Å². The van der Waals surface area contributed by atoms with Gasteiger partial charge in [0.15, 0.2) is 0 Å². The first-order valence-electron chi connectivity index (χ1n) is 7.97. The van der Waals surface area contributed by atoms with E-state index in [1.165, 1.54) is 18.2 Å². The topological polar surface area (TPSA) is 120 Å². The lowest BCUT2D eigenvalue weighted by atomic mass is 9.86. The fourth-order valence-corrected chi connectivity index (χ4v) is 7.19. The summed E-state index contributed by atoms with van der Waals surface area (Å²) in [6, 6.07) is 4.24. The van der Waals surface area contributed by atoms with Gasteiger partial charge in [-0.15, -0.1) is 0 Å². The molecule has 9 heteroatoms. The van der Waals surface area contributed by atoms with Gasteiger partial charge in [-0.25, -0.2) is 9.18 Å². The van der Waals surface area contributed by atoms with Crippen LogP contribution < -0.4 is 15.8 Å². The summed E-state index contributed by atoms with van der Waals surface area (Å²) in [5, 5.41) is 11.1. The number of nitrogen functional groups attached to an aromatic ring is 1. The minimum Gasteiger partial charge on any atom is -0.465 e. The number of carboxylic acid groups (broad SMARTS) is 1. The molecule has 1 saturated heterocycles. The number of rotatable bonds is 1. The normalized spacial score (nSPS) is 36.0. The van der Waals surface area contributed by atoms with Crippen LogP contribution in [0.25, 0.3) is 0 Å². The third-order valence-corrected chi connectivity index (χ3v) is 9.13. The molecular weight excluding hydrogens is 347 g/mol. The molecule has 1 aromatic carbocycles. The molecule has 2 aliphatic rings. The molecule has 0 radical (unpaired) electrons. The number of hydrogen-bond acceptors (Lipinski definition) is 5. The highest BCUT2D eigenvalue weighted by Gasteiger charge is 2.61. The first kappa shape index (κ1) is 18.0. The number of benzene rings is 1. The van der Waals surface area contributed by atoms with Crippen LogP contribution in [0.15, 0.2) is 23.2 Å². The van der Waals surface area contributed by atoms with Gasteiger partial charge < -0.3 is 15.4 Å². The van der Waals surface area contributed by atoms with Crippen molar-refractivity contribution >= 4 is 28.1 Å². The highest BCUT2D eigenvalue weighted by atomic mass is 32.3. The van der Waals surface area contributed by atoms with Crippen LogP contribution in [-0.4, -0.2) is 38.1 Å². The van der Waals surface area contributed by atoms with Gasteiger partial charge in [0.1, 0.15) is 17.2 Å². The Morgan fingerprint density at radius 2 is 2.16 bits per heavy atom. The minimum absolute atomic E-state index is 0.118. The van der Waals surface area contributed by atoms with Crippen molar-refractivity contribution in [3.05, 3.63) is 29.6 Å². The molecule has 1 fully saturated rings. The number of anilines is 1. The number of amides is 1. The van der Waals surface area contributed by atoms with Crippen molar-refractivity contribution < 1.29 is 18.8 Å². The molecular formula is C16H23FN4O3S. The molecule has 2 heterocycles. The lowest BCUT2D eigenvalue weighted by Crippen LogP contribution is -2.59. The van der Waals surface area contributed by atoms with E-state index >= 15 is 0 Å². The predicted molar refractivity (Wildman–Crippen MR) is 97.5 cm³/mol. The van der Waals surface area contributed by atoms with E-state index < -0.39 is 32.7 Å². The molecule has 6 N–H and O–H groups in total. The number of hydrogen-bond donors (Lipinski definition) is 5. The van der Waals surface area contributed by atoms with Gasteiger partial charge in [-0.1, -0.05) is 10.5 Å². The van der Waals surface area contributed by atoms with E-state index in [2.05, 4.69) is 15.0 Å². The predicted octanol–water partition coefficient (Wildman–Crippen LogP) is 2.64. The molecule has 138 valence electrons. The Labute approximate surface area is 147 Å². The SMILES string of the molecule is CC1(C)C(NC(=O)O)=N[C@](C)(c2cc(N)ccc2F)[C@@H]2CCNS21O. The van der Waals surface area contributed by atoms with E-state index in [9.17, 15) is 18.8 Å². The number of nitrogens with one attached hydrogen (secondary N) is 2. The maximum Gasteiger partial charge on any atom is 0.410 e. The molecule has 2 aliphatic heterocycles. The van der Waals surface area contributed by atoms with E-state index in [1.807, 2.05) is 0 Å². The molecule has 25 heavy (non-hydrogen) atoms. The van der Waals surface area contributed by atoms with Crippen LogP contribution in [-0.2, 0) is 5.54 Å². The Bertz CT molecular complexity index is 772. The average molecular weight is 370 g/mol. The molecule has 0 spiro atoms. The Kier molecular flexibility index (Phi) is 4.01. The summed E-state index contributed by atoms with van der Waals surface area (Å²) in [6.07, 6.45) is -0.675. The van der Waals surface area contributed by atoms with E-state index in [-0.39, 0.29) is 16.6 Å². The van der Waals surface area contributed by atoms with Crippen LogP contribution in [0.4, 0.5) is 14.9 Å². The quantitative estimate of drug-likeness (QED) is 0.487. The van der Waals surface area contributed by atoms with Crippen LogP contribution in [0.2, 0.25) is 0 Å². The molecule has 0 aromatic heterocycles. The fraction of sp³-hybridized carbons (Fsp3) is 0.500. The van der Waals surface area contributed by atoms with E-state index in [4.69, 9.17) is 5.73 Å². The minimum atomic E-state index is -2.52. The van der Waals surface area contributed by atoms with Gasteiger partial charge in [-0.05, 0) is 45.4 Å². The molecule has 3 rings (SSSR count). The van der Waals surface area contributed by atoms with Crippen LogP contribution in [0.5, 0.6) is 0 Å². The molecule has 7 nitrogen and oxygen atoms in total. The molecule has 1 unspecified atom stereocenters. The second-order valence-electron chi connectivity index (χ2n) is 7.09. The molecule has 0 bridgehead atoms. The smallest absolute Gasteiger partial charge is 0.410 e. The Morgan fingerprint density at radius 3 is 2.80 bits per heavy atom. The maximum atomic E-state index is 14.6. The van der Waals surface area contributed by atoms with E-state index in [0.29, 0.717) is 18.7 Å². The standard InChI is InChI=1S/C16H23FN4O3S/c1-15(2)13(20-14(22)23)21-16(3,12-6-7-19-25(12,15)24)10-8-9(18)4-5-11(10)17/h4-5,8,12,19,24H,6-7,18H2,1-3H3,(H,20,21)(H,22,23)/t12-,16+/m0/s1. The van der Waals surface area contributed by atoms with Crippen molar-refractivity contribution in [1.82, 2.24) is 10.0 Å². The largest absolute Gasteiger partial charge is 0.465 e. The average Bonchev–Trinajstić information content (AvgIpc) is 2.92. The number of carbonyl (C=O) groups is 1. The van der Waals surface area contributed by atoms with Crippen LogP contribution in [0.3, 0.4) is 0 Å². The Balaban J connectivity index is 2.27. The third-order valence-electron chi connectivity index (χ3n) is 5.22. The van der Waals surface area contributed by atoms with Crippen molar-refractivity contribution in [1.29, 1.82) is 0 Å².